The van der Waals surface area contributed by atoms with Crippen molar-refractivity contribution in [2.45, 2.75) is 31.2 Å². The molecule has 3 heterocycles. The summed E-state index contributed by atoms with van der Waals surface area (Å²) in [5, 5.41) is 9.90. The zero-order valence-corrected chi connectivity index (χ0v) is 19.8. The zero-order chi connectivity index (χ0) is 23.8. The minimum absolute atomic E-state index is 0. The third kappa shape index (κ3) is 5.19. The number of ether oxygens (including phenoxy) is 2. The predicted molar refractivity (Wildman–Crippen MR) is 126 cm³/mol. The number of hydrogen-bond donors (Lipinski definition) is 0. The highest BCUT2D eigenvalue weighted by molar-refractivity contribution is 5.85. The van der Waals surface area contributed by atoms with Crippen molar-refractivity contribution in [3.05, 3.63) is 71.6 Å². The summed E-state index contributed by atoms with van der Waals surface area (Å²) in [4.78, 5) is 2.38. The topological polar surface area (TPSA) is 65.3 Å². The van der Waals surface area contributed by atoms with Gasteiger partial charge in [0.2, 0.25) is 0 Å². The van der Waals surface area contributed by atoms with Crippen LogP contribution in [0.5, 0.6) is 5.75 Å². The van der Waals surface area contributed by atoms with Crippen molar-refractivity contribution in [2.75, 3.05) is 26.8 Å². The van der Waals surface area contributed by atoms with E-state index in [1.165, 1.54) is 18.7 Å². The van der Waals surface area contributed by atoms with E-state index < -0.39 is 17.6 Å². The van der Waals surface area contributed by atoms with Crippen molar-refractivity contribution in [1.82, 2.24) is 25.1 Å². The van der Waals surface area contributed by atoms with Crippen LogP contribution in [0.15, 0.2) is 54.6 Å². The molecule has 186 valence electrons. The van der Waals surface area contributed by atoms with Crippen LogP contribution in [0.1, 0.15) is 29.8 Å². The Morgan fingerprint density at radius 1 is 1.14 bits per heavy atom. The first-order chi connectivity index (χ1) is 16.4. The van der Waals surface area contributed by atoms with Crippen LogP contribution in [0.25, 0.3) is 11.3 Å². The molecule has 5 rings (SSSR count). The lowest BCUT2D eigenvalue weighted by Crippen LogP contribution is -2.46. The average molecular weight is 508 g/mol. The van der Waals surface area contributed by atoms with Gasteiger partial charge in [0, 0.05) is 18.7 Å². The van der Waals surface area contributed by atoms with Gasteiger partial charge in [0.05, 0.1) is 19.4 Å². The zero-order valence-electron chi connectivity index (χ0n) is 19.0. The van der Waals surface area contributed by atoms with Crippen LogP contribution < -0.4 is 4.74 Å². The molecular formula is C24H25ClF3N5O2. The normalized spacial score (nSPS) is 20.5. The molecule has 1 aromatic heterocycles. The van der Waals surface area contributed by atoms with E-state index in [2.05, 4.69) is 38.6 Å². The number of alkyl halides is 3. The Kier molecular flexibility index (Phi) is 7.16. The van der Waals surface area contributed by atoms with E-state index >= 15 is 0 Å². The number of benzene rings is 2. The van der Waals surface area contributed by atoms with Gasteiger partial charge in [0.15, 0.2) is 0 Å². The van der Waals surface area contributed by atoms with Crippen LogP contribution in [0.2, 0.25) is 0 Å². The average Bonchev–Trinajstić information content (AvgIpc) is 3.47. The van der Waals surface area contributed by atoms with Crippen LogP contribution in [0.4, 0.5) is 13.2 Å². The minimum Gasteiger partial charge on any atom is -0.496 e. The number of methoxy groups -OCH3 is 1. The van der Waals surface area contributed by atoms with E-state index in [1.54, 1.807) is 12.1 Å². The summed E-state index contributed by atoms with van der Waals surface area (Å²) < 4.78 is 52.5. The number of piperidine rings is 1. The Morgan fingerprint density at radius 2 is 1.94 bits per heavy atom. The quantitative estimate of drug-likeness (QED) is 0.504. The molecule has 0 aliphatic carbocycles. The highest BCUT2D eigenvalue weighted by Gasteiger charge is 2.40. The maximum absolute atomic E-state index is 13.3. The molecule has 0 radical (unpaired) electrons. The lowest BCUT2D eigenvalue weighted by Gasteiger charge is -2.38. The SMILES string of the molecule is COc1ccc(-n2nnnc2C(F)(F)F)cc1C1=CC2(CCCN(Cc3ccccc3)C2)OC1.Cl. The van der Waals surface area contributed by atoms with Gasteiger partial charge in [0.25, 0.3) is 5.82 Å². The van der Waals surface area contributed by atoms with Crippen LogP contribution in [-0.2, 0) is 17.5 Å². The van der Waals surface area contributed by atoms with Gasteiger partial charge in [0.1, 0.15) is 11.4 Å². The molecule has 0 amide bonds. The van der Waals surface area contributed by atoms with E-state index in [0.29, 0.717) is 22.6 Å². The van der Waals surface area contributed by atoms with E-state index in [4.69, 9.17) is 9.47 Å². The lowest BCUT2D eigenvalue weighted by molar-refractivity contribution is -0.146. The van der Waals surface area contributed by atoms with Gasteiger partial charge in [-0.05, 0) is 65.2 Å². The van der Waals surface area contributed by atoms with E-state index in [0.717, 1.165) is 38.0 Å². The second kappa shape index (κ2) is 9.96. The van der Waals surface area contributed by atoms with E-state index in [-0.39, 0.29) is 18.1 Å². The minimum atomic E-state index is -4.67. The molecule has 2 aliphatic heterocycles. The number of tetrazole rings is 1. The van der Waals surface area contributed by atoms with Crippen LogP contribution in [-0.4, -0.2) is 57.5 Å². The van der Waals surface area contributed by atoms with Crippen molar-refractivity contribution in [3.8, 4) is 11.4 Å². The summed E-state index contributed by atoms with van der Waals surface area (Å²) in [5.74, 6) is -0.630. The molecule has 1 unspecified atom stereocenters. The molecule has 1 atom stereocenters. The Balaban J connectivity index is 0.00000289. The van der Waals surface area contributed by atoms with Crippen molar-refractivity contribution in [2.24, 2.45) is 0 Å². The van der Waals surface area contributed by atoms with Crippen LogP contribution >= 0.6 is 12.4 Å². The van der Waals surface area contributed by atoms with Gasteiger partial charge in [-0.1, -0.05) is 30.3 Å². The summed E-state index contributed by atoms with van der Waals surface area (Å²) >= 11 is 0. The summed E-state index contributed by atoms with van der Waals surface area (Å²) in [5.41, 5.74) is 2.56. The molecule has 1 saturated heterocycles. The Hall–Kier alpha value is -2.95. The molecule has 0 bridgehead atoms. The van der Waals surface area contributed by atoms with E-state index in [1.807, 2.05) is 18.2 Å². The Labute approximate surface area is 206 Å². The fraction of sp³-hybridized carbons (Fsp3) is 0.375. The molecule has 7 nitrogen and oxygen atoms in total. The third-order valence-electron chi connectivity index (χ3n) is 6.26. The number of nitrogens with zero attached hydrogens (tertiary/aromatic N) is 5. The van der Waals surface area contributed by atoms with E-state index in [9.17, 15) is 13.2 Å². The summed E-state index contributed by atoms with van der Waals surface area (Å²) in [6, 6.07) is 15.0. The molecular weight excluding hydrogens is 483 g/mol. The summed E-state index contributed by atoms with van der Waals surface area (Å²) in [7, 11) is 1.53. The summed E-state index contributed by atoms with van der Waals surface area (Å²) in [6.45, 7) is 2.92. The van der Waals surface area contributed by atoms with Gasteiger partial charge >= 0.3 is 6.18 Å². The second-order valence-electron chi connectivity index (χ2n) is 8.62. The van der Waals surface area contributed by atoms with Crippen molar-refractivity contribution < 1.29 is 22.6 Å². The van der Waals surface area contributed by atoms with Crippen LogP contribution in [0.3, 0.4) is 0 Å². The largest absolute Gasteiger partial charge is 0.496 e. The molecule has 35 heavy (non-hydrogen) atoms. The van der Waals surface area contributed by atoms with Gasteiger partial charge in [-0.15, -0.1) is 17.5 Å². The maximum Gasteiger partial charge on any atom is 0.453 e. The summed E-state index contributed by atoms with van der Waals surface area (Å²) in [6.07, 6.45) is -0.688. The molecule has 1 fully saturated rings. The lowest BCUT2D eigenvalue weighted by atomic mass is 9.90. The smallest absolute Gasteiger partial charge is 0.453 e. The number of hydrogen-bond acceptors (Lipinski definition) is 6. The molecule has 0 saturated carbocycles. The van der Waals surface area contributed by atoms with Crippen molar-refractivity contribution in [3.63, 3.8) is 0 Å². The first-order valence-corrected chi connectivity index (χ1v) is 11.0. The molecule has 0 N–H and O–H groups in total. The molecule has 2 aromatic carbocycles. The molecule has 11 heteroatoms. The fourth-order valence-corrected chi connectivity index (χ4v) is 4.74. The number of rotatable bonds is 5. The Morgan fingerprint density at radius 3 is 2.69 bits per heavy atom. The number of halogens is 4. The monoisotopic (exact) mass is 507 g/mol. The molecule has 3 aromatic rings. The van der Waals surface area contributed by atoms with Gasteiger partial charge in [-0.3, -0.25) is 4.90 Å². The van der Waals surface area contributed by atoms with Crippen molar-refractivity contribution >= 4 is 18.0 Å². The first-order valence-electron chi connectivity index (χ1n) is 11.0. The highest BCUT2D eigenvalue weighted by atomic mass is 35.5. The van der Waals surface area contributed by atoms with Gasteiger partial charge in [-0.25, -0.2) is 0 Å². The maximum atomic E-state index is 13.3. The van der Waals surface area contributed by atoms with Gasteiger partial charge < -0.3 is 9.47 Å². The second-order valence-corrected chi connectivity index (χ2v) is 8.62. The Bertz CT molecular complexity index is 1200. The van der Waals surface area contributed by atoms with Gasteiger partial charge in [-0.2, -0.15) is 17.9 Å². The molecule has 1 spiro atoms. The predicted octanol–water partition coefficient (Wildman–Crippen LogP) is 4.56. The standard InChI is InChI=1S/C24H24F3N5O2.ClH/c1-33-21-9-8-19(32-22(24(25,26)27)28-29-30-32)12-20(21)18-13-23(34-15-18)10-5-11-31(16-23)14-17-6-3-2-4-7-17;/h2-4,6-9,12-13H,5,10-11,14-16H2,1H3;1H. The third-order valence-corrected chi connectivity index (χ3v) is 6.26. The van der Waals surface area contributed by atoms with Crippen molar-refractivity contribution in [1.29, 1.82) is 0 Å². The number of likely N-dealkylation sites (tertiary alicyclic amines) is 1. The highest BCUT2D eigenvalue weighted by Crippen LogP contribution is 2.40. The fourth-order valence-electron chi connectivity index (χ4n) is 4.74. The number of aromatic nitrogens is 4. The van der Waals surface area contributed by atoms with Crippen LogP contribution in [0, 0.1) is 0 Å². The molecule has 2 aliphatic rings. The first kappa shape index (κ1) is 25.2.